The molecule has 0 radical (unpaired) electrons. The molecule has 1 atom stereocenters. The van der Waals surface area contributed by atoms with Crippen molar-refractivity contribution in [2.75, 3.05) is 19.6 Å². The fraction of sp³-hybridized carbons (Fsp3) is 0.706. The largest absolute Gasteiger partial charge is 0.316 e. The summed E-state index contributed by atoms with van der Waals surface area (Å²) < 4.78 is 0. The highest BCUT2D eigenvalue weighted by atomic mass is 15.1. The van der Waals surface area contributed by atoms with Crippen molar-refractivity contribution in [2.24, 2.45) is 5.92 Å². The van der Waals surface area contributed by atoms with Gasteiger partial charge in [0.05, 0.1) is 5.69 Å². The molecular weight excluding hydrogens is 246 g/mol. The quantitative estimate of drug-likeness (QED) is 0.665. The Morgan fingerprint density at radius 1 is 1.25 bits per heavy atom. The van der Waals surface area contributed by atoms with Crippen LogP contribution in [0, 0.1) is 5.92 Å². The van der Waals surface area contributed by atoms with Crippen molar-refractivity contribution in [2.45, 2.75) is 53.1 Å². The highest BCUT2D eigenvalue weighted by Crippen LogP contribution is 2.10. The molecule has 114 valence electrons. The number of pyridine rings is 1. The zero-order chi connectivity index (χ0) is 14.8. The van der Waals surface area contributed by atoms with Gasteiger partial charge in [-0.15, -0.1) is 0 Å². The number of hydrogen-bond donors (Lipinski definition) is 1. The van der Waals surface area contributed by atoms with Crippen molar-refractivity contribution in [1.29, 1.82) is 0 Å². The lowest BCUT2D eigenvalue weighted by Gasteiger charge is -2.27. The third kappa shape index (κ3) is 7.01. The summed E-state index contributed by atoms with van der Waals surface area (Å²) in [7, 11) is 0. The summed E-state index contributed by atoms with van der Waals surface area (Å²) in [5.41, 5.74) is 1.17. The first-order valence-corrected chi connectivity index (χ1v) is 7.98. The van der Waals surface area contributed by atoms with Crippen molar-refractivity contribution in [1.82, 2.24) is 15.2 Å². The molecule has 3 heteroatoms. The van der Waals surface area contributed by atoms with Gasteiger partial charge < -0.3 is 5.32 Å². The van der Waals surface area contributed by atoms with E-state index in [0.717, 1.165) is 32.1 Å². The van der Waals surface area contributed by atoms with Crippen LogP contribution in [0.4, 0.5) is 0 Å². The first-order valence-electron chi connectivity index (χ1n) is 7.98. The number of rotatable bonds is 10. The van der Waals surface area contributed by atoms with Gasteiger partial charge in [-0.3, -0.25) is 9.88 Å². The van der Waals surface area contributed by atoms with Gasteiger partial charge in [0.25, 0.3) is 0 Å². The second kappa shape index (κ2) is 9.89. The van der Waals surface area contributed by atoms with Gasteiger partial charge in [0.1, 0.15) is 0 Å². The Hall–Kier alpha value is -0.930. The lowest BCUT2D eigenvalue weighted by atomic mass is 10.1. The van der Waals surface area contributed by atoms with Gasteiger partial charge in [-0.1, -0.05) is 26.8 Å². The Morgan fingerprint density at radius 3 is 2.65 bits per heavy atom. The summed E-state index contributed by atoms with van der Waals surface area (Å²) >= 11 is 0. The van der Waals surface area contributed by atoms with E-state index in [9.17, 15) is 0 Å². The van der Waals surface area contributed by atoms with Crippen LogP contribution in [0.1, 0.15) is 46.2 Å². The van der Waals surface area contributed by atoms with E-state index in [-0.39, 0.29) is 0 Å². The molecule has 0 bridgehead atoms. The minimum atomic E-state index is 0.614. The molecule has 0 aromatic carbocycles. The van der Waals surface area contributed by atoms with Gasteiger partial charge in [0, 0.05) is 18.8 Å². The molecule has 0 fully saturated rings. The van der Waals surface area contributed by atoms with Crippen LogP contribution in [0.15, 0.2) is 24.4 Å². The molecule has 1 N–H and O–H groups in total. The van der Waals surface area contributed by atoms with Gasteiger partial charge in [-0.2, -0.15) is 0 Å². The van der Waals surface area contributed by atoms with Gasteiger partial charge in [-0.25, -0.2) is 0 Å². The minimum Gasteiger partial charge on any atom is -0.316 e. The van der Waals surface area contributed by atoms with Gasteiger partial charge in [-0.05, 0) is 57.5 Å². The van der Waals surface area contributed by atoms with E-state index < -0.39 is 0 Å². The van der Waals surface area contributed by atoms with Crippen LogP contribution in [-0.2, 0) is 6.54 Å². The Bertz CT molecular complexity index is 337. The third-order valence-corrected chi connectivity index (χ3v) is 3.65. The Morgan fingerprint density at radius 2 is 2.05 bits per heavy atom. The maximum Gasteiger partial charge on any atom is 0.0544 e. The second-order valence-corrected chi connectivity index (χ2v) is 5.97. The smallest absolute Gasteiger partial charge is 0.0544 e. The lowest BCUT2D eigenvalue weighted by molar-refractivity contribution is 0.196. The van der Waals surface area contributed by atoms with E-state index in [4.69, 9.17) is 0 Å². The fourth-order valence-corrected chi connectivity index (χ4v) is 2.37. The van der Waals surface area contributed by atoms with Crippen molar-refractivity contribution in [3.8, 4) is 0 Å². The maximum atomic E-state index is 4.42. The average Bonchev–Trinajstić information content (AvgIpc) is 2.45. The van der Waals surface area contributed by atoms with Crippen molar-refractivity contribution in [3.63, 3.8) is 0 Å². The van der Waals surface area contributed by atoms with Crippen LogP contribution in [0.2, 0.25) is 0 Å². The van der Waals surface area contributed by atoms with E-state index in [1.807, 2.05) is 12.3 Å². The van der Waals surface area contributed by atoms with E-state index in [1.54, 1.807) is 0 Å². The first-order chi connectivity index (χ1) is 9.63. The second-order valence-electron chi connectivity index (χ2n) is 5.97. The van der Waals surface area contributed by atoms with Crippen molar-refractivity contribution >= 4 is 0 Å². The molecule has 1 rings (SSSR count). The molecule has 20 heavy (non-hydrogen) atoms. The molecule has 1 heterocycles. The number of nitrogens with one attached hydrogen (secondary N) is 1. The summed E-state index contributed by atoms with van der Waals surface area (Å²) in [6.45, 7) is 13.4. The number of hydrogen-bond acceptors (Lipinski definition) is 3. The highest BCUT2D eigenvalue weighted by molar-refractivity contribution is 5.03. The Labute approximate surface area is 124 Å². The zero-order valence-corrected chi connectivity index (χ0v) is 13.6. The van der Waals surface area contributed by atoms with Crippen LogP contribution in [0.25, 0.3) is 0 Å². The summed E-state index contributed by atoms with van der Waals surface area (Å²) in [5, 5.41) is 3.52. The summed E-state index contributed by atoms with van der Waals surface area (Å²) in [6.07, 6.45) is 4.36. The van der Waals surface area contributed by atoms with E-state index >= 15 is 0 Å². The first kappa shape index (κ1) is 17.1. The van der Waals surface area contributed by atoms with Crippen LogP contribution < -0.4 is 5.32 Å². The van der Waals surface area contributed by atoms with Crippen molar-refractivity contribution < 1.29 is 0 Å². The summed E-state index contributed by atoms with van der Waals surface area (Å²) in [6, 6.07) is 6.77. The summed E-state index contributed by atoms with van der Waals surface area (Å²) in [4.78, 5) is 6.93. The molecule has 3 nitrogen and oxygen atoms in total. The van der Waals surface area contributed by atoms with Gasteiger partial charge in [0.2, 0.25) is 0 Å². The molecule has 0 aliphatic carbocycles. The lowest BCUT2D eigenvalue weighted by Crippen LogP contribution is -2.33. The van der Waals surface area contributed by atoms with Crippen LogP contribution in [-0.4, -0.2) is 35.6 Å². The Balaban J connectivity index is 2.26. The highest BCUT2D eigenvalue weighted by Gasteiger charge is 2.12. The molecule has 0 aliphatic heterocycles. The maximum absolute atomic E-state index is 4.42. The topological polar surface area (TPSA) is 28.2 Å². The number of nitrogens with zero attached hydrogens (tertiary/aromatic N) is 2. The normalized spacial score (nSPS) is 13.1. The molecule has 0 spiro atoms. The predicted octanol–water partition coefficient (Wildman–Crippen LogP) is 3.32. The molecule has 1 unspecified atom stereocenters. The fourth-order valence-electron chi connectivity index (χ4n) is 2.37. The minimum absolute atomic E-state index is 0.614. The van der Waals surface area contributed by atoms with Crippen molar-refractivity contribution in [3.05, 3.63) is 30.1 Å². The molecule has 0 saturated carbocycles. The molecule has 1 aromatic rings. The molecule has 0 aliphatic rings. The van der Waals surface area contributed by atoms with Gasteiger partial charge >= 0.3 is 0 Å². The molecule has 0 amide bonds. The summed E-state index contributed by atoms with van der Waals surface area (Å²) in [5.74, 6) is 0.740. The van der Waals surface area contributed by atoms with Crippen LogP contribution >= 0.6 is 0 Å². The van der Waals surface area contributed by atoms with Crippen LogP contribution in [0.5, 0.6) is 0 Å². The zero-order valence-electron chi connectivity index (χ0n) is 13.6. The van der Waals surface area contributed by atoms with E-state index in [1.165, 1.54) is 18.5 Å². The predicted molar refractivity (Wildman–Crippen MR) is 86.7 cm³/mol. The third-order valence-electron chi connectivity index (χ3n) is 3.65. The molecular formula is C17H31N3. The number of aromatic nitrogens is 1. The average molecular weight is 277 g/mol. The van der Waals surface area contributed by atoms with Crippen LogP contribution in [0.3, 0.4) is 0 Å². The van der Waals surface area contributed by atoms with E-state index in [0.29, 0.717) is 6.04 Å². The standard InChI is InChI=1S/C17H31N3/c1-5-20(14-17-10-6-7-12-19-17)16(4)9-8-11-18-13-15(2)3/h6-7,10,12,15-16,18H,5,8-9,11,13-14H2,1-4H3. The SMILES string of the molecule is CCN(Cc1ccccn1)C(C)CCCNCC(C)C. The van der Waals surface area contributed by atoms with E-state index in [2.05, 4.69) is 55.0 Å². The Kier molecular flexibility index (Phi) is 8.47. The monoisotopic (exact) mass is 277 g/mol. The molecule has 0 saturated heterocycles. The molecule has 1 aromatic heterocycles. The van der Waals surface area contributed by atoms with Gasteiger partial charge in [0.15, 0.2) is 0 Å².